The molecule has 0 saturated heterocycles. The summed E-state index contributed by atoms with van der Waals surface area (Å²) in [5.41, 5.74) is 1.96. The zero-order valence-corrected chi connectivity index (χ0v) is 22.7. The Balaban J connectivity index is 1.43. The Labute approximate surface area is 218 Å². The van der Waals surface area contributed by atoms with Crippen molar-refractivity contribution in [2.45, 2.75) is 62.4 Å². The van der Waals surface area contributed by atoms with Crippen LogP contribution in [0, 0.1) is 0 Å². The molecular weight excluding hydrogens is 495 g/mol. The van der Waals surface area contributed by atoms with Gasteiger partial charge in [-0.05, 0) is 36.8 Å². The molecule has 1 aliphatic heterocycles. The minimum absolute atomic E-state index is 0.0355. The fourth-order valence-electron chi connectivity index (χ4n) is 4.26. The van der Waals surface area contributed by atoms with E-state index in [1.807, 2.05) is 30.3 Å². The normalized spacial score (nSPS) is 17.6. The van der Waals surface area contributed by atoms with Crippen LogP contribution in [0.25, 0.3) is 21.0 Å². The number of nitrogens with zero attached hydrogens (tertiary/aromatic N) is 2. The first-order chi connectivity index (χ1) is 17.0. The fraction of sp³-hybridized carbons (Fsp3) is 0.370. The molecule has 182 valence electrons. The highest BCUT2D eigenvalue weighted by molar-refractivity contribution is 8.00. The number of fused-ring (bicyclic) bond motifs is 4. The van der Waals surface area contributed by atoms with E-state index in [0.717, 1.165) is 61.9 Å². The van der Waals surface area contributed by atoms with E-state index in [2.05, 4.69) is 38.2 Å². The van der Waals surface area contributed by atoms with Crippen LogP contribution < -0.4 is 5.32 Å². The van der Waals surface area contributed by atoms with E-state index in [4.69, 9.17) is 14.7 Å². The Morgan fingerprint density at radius 2 is 1.97 bits per heavy atom. The van der Waals surface area contributed by atoms with E-state index >= 15 is 0 Å². The maximum Gasteiger partial charge on any atom is 0.234 e. The van der Waals surface area contributed by atoms with Crippen molar-refractivity contribution in [3.63, 3.8) is 0 Å². The van der Waals surface area contributed by atoms with Gasteiger partial charge in [-0.3, -0.25) is 4.79 Å². The standard InChI is InChI=1S/C27H29N3O2S3/c1-4-13-33-26-29-24(23-19-14-27(3,5-2)32-15-21(19)35-25(23)30-26)34-16-22(31)28-20-12-8-10-17-9-6-7-11-18(17)20/h6-12H,4-5,13-16H2,1-3H3,(H,28,31). The summed E-state index contributed by atoms with van der Waals surface area (Å²) in [6.45, 7) is 7.12. The zero-order chi connectivity index (χ0) is 24.4. The van der Waals surface area contributed by atoms with Crippen LogP contribution in [-0.4, -0.2) is 33.0 Å². The predicted molar refractivity (Wildman–Crippen MR) is 149 cm³/mol. The smallest absolute Gasteiger partial charge is 0.234 e. The third kappa shape index (κ3) is 5.21. The number of nitrogens with one attached hydrogen (secondary N) is 1. The van der Waals surface area contributed by atoms with Crippen LogP contribution in [0.15, 0.2) is 52.6 Å². The van der Waals surface area contributed by atoms with Gasteiger partial charge in [0.15, 0.2) is 5.16 Å². The number of amides is 1. The molecule has 35 heavy (non-hydrogen) atoms. The lowest BCUT2D eigenvalue weighted by atomic mass is 9.90. The molecule has 4 aromatic rings. The first-order valence-corrected chi connectivity index (χ1v) is 14.8. The van der Waals surface area contributed by atoms with Gasteiger partial charge in [0.1, 0.15) is 9.86 Å². The third-order valence-electron chi connectivity index (χ3n) is 6.37. The topological polar surface area (TPSA) is 64.1 Å². The molecule has 2 aromatic carbocycles. The minimum atomic E-state index is -0.176. The van der Waals surface area contributed by atoms with Gasteiger partial charge in [0.05, 0.1) is 18.0 Å². The van der Waals surface area contributed by atoms with Crippen molar-refractivity contribution < 1.29 is 9.53 Å². The van der Waals surface area contributed by atoms with Crippen molar-refractivity contribution >= 4 is 67.4 Å². The molecule has 0 saturated carbocycles. The second kappa shape index (κ2) is 10.5. The van der Waals surface area contributed by atoms with Crippen LogP contribution in [0.1, 0.15) is 44.1 Å². The number of carbonyl (C=O) groups is 1. The number of benzene rings is 2. The van der Waals surface area contributed by atoms with Crippen molar-refractivity contribution in [2.75, 3.05) is 16.8 Å². The minimum Gasteiger partial charge on any atom is -0.369 e. The van der Waals surface area contributed by atoms with Crippen LogP contribution in [0.4, 0.5) is 5.69 Å². The van der Waals surface area contributed by atoms with Gasteiger partial charge < -0.3 is 10.1 Å². The average Bonchev–Trinajstić information content (AvgIpc) is 3.23. The molecule has 2 aromatic heterocycles. The van der Waals surface area contributed by atoms with Crippen LogP contribution in [0.5, 0.6) is 0 Å². The summed E-state index contributed by atoms with van der Waals surface area (Å²) in [5.74, 6) is 1.23. The van der Waals surface area contributed by atoms with Gasteiger partial charge in [-0.15, -0.1) is 11.3 Å². The molecule has 5 nitrogen and oxygen atoms in total. The molecule has 1 atom stereocenters. The molecule has 0 fully saturated rings. The Hall–Kier alpha value is -2.13. The molecule has 0 spiro atoms. The molecule has 1 N–H and O–H groups in total. The number of aromatic nitrogens is 2. The molecule has 8 heteroatoms. The van der Waals surface area contributed by atoms with Gasteiger partial charge in [0, 0.05) is 33.5 Å². The van der Waals surface area contributed by atoms with Gasteiger partial charge in [-0.25, -0.2) is 9.97 Å². The van der Waals surface area contributed by atoms with E-state index in [-0.39, 0.29) is 11.5 Å². The first kappa shape index (κ1) is 24.6. The highest BCUT2D eigenvalue weighted by atomic mass is 32.2. The van der Waals surface area contributed by atoms with Crippen LogP contribution in [0.2, 0.25) is 0 Å². The number of hydrogen-bond acceptors (Lipinski definition) is 7. The quantitative estimate of drug-likeness (QED) is 0.148. The van der Waals surface area contributed by atoms with Crippen molar-refractivity contribution in [2.24, 2.45) is 0 Å². The summed E-state index contributed by atoms with van der Waals surface area (Å²) in [7, 11) is 0. The highest BCUT2D eigenvalue weighted by Crippen LogP contribution is 2.43. The van der Waals surface area contributed by atoms with E-state index in [1.54, 1.807) is 23.1 Å². The highest BCUT2D eigenvalue weighted by Gasteiger charge is 2.33. The van der Waals surface area contributed by atoms with Gasteiger partial charge in [0.25, 0.3) is 0 Å². The Kier molecular flexibility index (Phi) is 7.34. The number of rotatable bonds is 8. The van der Waals surface area contributed by atoms with Crippen LogP contribution in [-0.2, 0) is 22.6 Å². The predicted octanol–water partition coefficient (Wildman–Crippen LogP) is 7.32. The molecule has 1 unspecified atom stereocenters. The maximum absolute atomic E-state index is 13.0. The number of anilines is 1. The summed E-state index contributed by atoms with van der Waals surface area (Å²) < 4.78 is 6.19. The molecule has 0 aliphatic carbocycles. The zero-order valence-electron chi connectivity index (χ0n) is 20.2. The molecular formula is C27H29N3O2S3. The first-order valence-electron chi connectivity index (χ1n) is 12.0. The molecule has 0 bridgehead atoms. The largest absolute Gasteiger partial charge is 0.369 e. The van der Waals surface area contributed by atoms with E-state index in [0.29, 0.717) is 12.4 Å². The summed E-state index contributed by atoms with van der Waals surface area (Å²) in [5, 5.41) is 8.06. The van der Waals surface area contributed by atoms with Crippen LogP contribution >= 0.6 is 34.9 Å². The molecule has 5 rings (SSSR count). The number of thioether (sulfide) groups is 2. The second-order valence-corrected chi connectivity index (χ2v) is 12.1. The Morgan fingerprint density at radius 1 is 1.14 bits per heavy atom. The summed E-state index contributed by atoms with van der Waals surface area (Å²) in [6.07, 6.45) is 2.86. The SMILES string of the molecule is CCCSc1nc(SCC(=O)Nc2cccc3ccccc23)c2c3c(sc2n1)COC(C)(CC)C3. The van der Waals surface area contributed by atoms with Gasteiger partial charge in [0.2, 0.25) is 5.91 Å². The number of thiophene rings is 1. The van der Waals surface area contributed by atoms with Crippen molar-refractivity contribution in [1.82, 2.24) is 9.97 Å². The Bertz CT molecular complexity index is 1380. The lowest BCUT2D eigenvalue weighted by molar-refractivity contribution is -0.113. The Morgan fingerprint density at radius 3 is 2.80 bits per heavy atom. The van der Waals surface area contributed by atoms with E-state index in [1.165, 1.54) is 22.2 Å². The van der Waals surface area contributed by atoms with Gasteiger partial charge in [-0.2, -0.15) is 0 Å². The summed E-state index contributed by atoms with van der Waals surface area (Å²) >= 11 is 4.89. The lowest BCUT2D eigenvalue weighted by Crippen LogP contribution is -2.33. The average molecular weight is 524 g/mol. The maximum atomic E-state index is 13.0. The molecule has 3 heterocycles. The molecule has 0 radical (unpaired) electrons. The second-order valence-electron chi connectivity index (χ2n) is 8.98. The molecule has 1 amide bonds. The van der Waals surface area contributed by atoms with Crippen LogP contribution in [0.3, 0.4) is 0 Å². The number of carbonyl (C=O) groups excluding carboxylic acids is 1. The number of hydrogen-bond donors (Lipinski definition) is 1. The van der Waals surface area contributed by atoms with Crippen molar-refractivity contribution in [1.29, 1.82) is 0 Å². The van der Waals surface area contributed by atoms with Gasteiger partial charge >= 0.3 is 0 Å². The van der Waals surface area contributed by atoms with E-state index in [9.17, 15) is 4.79 Å². The number of ether oxygens (including phenoxy) is 1. The van der Waals surface area contributed by atoms with E-state index < -0.39 is 0 Å². The third-order valence-corrected chi connectivity index (χ3v) is 9.50. The molecule has 1 aliphatic rings. The van der Waals surface area contributed by atoms with Crippen molar-refractivity contribution in [3.05, 3.63) is 52.9 Å². The van der Waals surface area contributed by atoms with Crippen molar-refractivity contribution in [3.8, 4) is 0 Å². The van der Waals surface area contributed by atoms with Gasteiger partial charge in [-0.1, -0.05) is 73.8 Å². The monoisotopic (exact) mass is 523 g/mol. The summed E-state index contributed by atoms with van der Waals surface area (Å²) in [4.78, 5) is 25.0. The fourth-order valence-corrected chi connectivity index (χ4v) is 7.10. The lowest BCUT2D eigenvalue weighted by Gasteiger charge is -2.33. The summed E-state index contributed by atoms with van der Waals surface area (Å²) in [6, 6.07) is 14.1.